The number of ether oxygens (including phenoxy) is 1. The number of carbonyl (C=O) groups excluding carboxylic acids is 1. The summed E-state index contributed by atoms with van der Waals surface area (Å²) in [5, 5.41) is 0.569. The van der Waals surface area contributed by atoms with E-state index in [1.165, 1.54) is 9.80 Å². The van der Waals surface area contributed by atoms with Crippen molar-refractivity contribution in [3.05, 3.63) is 29.3 Å². The molecule has 22 heavy (non-hydrogen) atoms. The number of hydrogen-bond donors (Lipinski definition) is 0. The molecule has 1 aliphatic rings. The van der Waals surface area contributed by atoms with E-state index in [0.29, 0.717) is 10.8 Å². The number of carbonyl (C=O) groups is 1. The molecule has 1 amide bonds. The molecule has 1 aliphatic heterocycles. The molecule has 4 nitrogen and oxygen atoms in total. The Balaban J connectivity index is 1.74. The summed E-state index contributed by atoms with van der Waals surface area (Å²) in [6.07, 6.45) is -4.20. The molecule has 1 saturated heterocycles. The third kappa shape index (κ3) is 5.38. The van der Waals surface area contributed by atoms with Crippen molar-refractivity contribution in [1.29, 1.82) is 0 Å². The van der Waals surface area contributed by atoms with Crippen LogP contribution in [0.15, 0.2) is 24.3 Å². The minimum Gasteiger partial charge on any atom is -0.484 e. The number of halogens is 4. The van der Waals surface area contributed by atoms with Gasteiger partial charge in [-0.05, 0) is 24.3 Å². The molecule has 122 valence electrons. The van der Waals surface area contributed by atoms with Crippen LogP contribution >= 0.6 is 11.6 Å². The normalized spacial score (nSPS) is 16.6. The molecule has 1 aromatic carbocycles. The molecule has 0 radical (unpaired) electrons. The van der Waals surface area contributed by atoms with Gasteiger partial charge in [0.25, 0.3) is 5.91 Å². The third-order valence-electron chi connectivity index (χ3n) is 3.30. The summed E-state index contributed by atoms with van der Waals surface area (Å²) in [7, 11) is 0. The lowest BCUT2D eigenvalue weighted by Gasteiger charge is -2.34. The molecular formula is C14H16ClF3N2O2. The second kappa shape index (κ2) is 7.19. The Morgan fingerprint density at radius 2 is 1.73 bits per heavy atom. The summed E-state index contributed by atoms with van der Waals surface area (Å²) in [5.41, 5.74) is 0. The van der Waals surface area contributed by atoms with E-state index in [2.05, 4.69) is 0 Å². The van der Waals surface area contributed by atoms with Crippen molar-refractivity contribution in [2.75, 3.05) is 39.3 Å². The molecule has 8 heteroatoms. The Bertz CT molecular complexity index is 500. The van der Waals surface area contributed by atoms with Gasteiger partial charge in [0.05, 0.1) is 6.54 Å². The van der Waals surface area contributed by atoms with E-state index in [1.54, 1.807) is 24.3 Å². The predicted molar refractivity (Wildman–Crippen MR) is 76.0 cm³/mol. The van der Waals surface area contributed by atoms with E-state index in [9.17, 15) is 18.0 Å². The summed E-state index contributed by atoms with van der Waals surface area (Å²) >= 11 is 5.74. The van der Waals surface area contributed by atoms with E-state index < -0.39 is 12.7 Å². The first kappa shape index (κ1) is 16.9. The number of alkyl halides is 3. The van der Waals surface area contributed by atoms with Gasteiger partial charge in [-0.2, -0.15) is 13.2 Å². The summed E-state index contributed by atoms with van der Waals surface area (Å²) in [6.45, 7) is -0.0899. The lowest BCUT2D eigenvalue weighted by atomic mass is 10.3. The fourth-order valence-electron chi connectivity index (χ4n) is 2.18. The minimum atomic E-state index is -4.20. The zero-order chi connectivity index (χ0) is 16.2. The SMILES string of the molecule is O=C(COc1ccc(Cl)cc1)N1CCN(CC(F)(F)F)CC1. The average molecular weight is 337 g/mol. The third-order valence-corrected chi connectivity index (χ3v) is 3.56. The Morgan fingerprint density at radius 1 is 1.14 bits per heavy atom. The van der Waals surface area contributed by atoms with Crippen LogP contribution in [-0.4, -0.2) is 61.2 Å². The summed E-state index contributed by atoms with van der Waals surface area (Å²) in [4.78, 5) is 14.8. The molecule has 1 aromatic rings. The first-order chi connectivity index (χ1) is 10.3. The topological polar surface area (TPSA) is 32.8 Å². The second-order valence-electron chi connectivity index (χ2n) is 5.01. The standard InChI is InChI=1S/C14H16ClF3N2O2/c15-11-1-3-12(4-2-11)22-9-13(21)20-7-5-19(6-8-20)10-14(16,17)18/h1-4H,5-10H2. The first-order valence-corrected chi connectivity index (χ1v) is 7.16. The lowest BCUT2D eigenvalue weighted by Crippen LogP contribution is -2.51. The van der Waals surface area contributed by atoms with Gasteiger partial charge in [0.2, 0.25) is 0 Å². The average Bonchev–Trinajstić information content (AvgIpc) is 2.45. The highest BCUT2D eigenvalue weighted by atomic mass is 35.5. The molecular weight excluding hydrogens is 321 g/mol. The van der Waals surface area contributed by atoms with Crippen molar-refractivity contribution < 1.29 is 22.7 Å². The maximum absolute atomic E-state index is 12.3. The molecule has 0 spiro atoms. The van der Waals surface area contributed by atoms with E-state index in [1.807, 2.05) is 0 Å². The highest BCUT2D eigenvalue weighted by Crippen LogP contribution is 2.18. The van der Waals surface area contributed by atoms with Crippen LogP contribution in [-0.2, 0) is 4.79 Å². The van der Waals surface area contributed by atoms with Crippen LogP contribution in [0.5, 0.6) is 5.75 Å². The van der Waals surface area contributed by atoms with Gasteiger partial charge in [-0.3, -0.25) is 9.69 Å². The van der Waals surface area contributed by atoms with Crippen LogP contribution in [0.3, 0.4) is 0 Å². The molecule has 0 saturated carbocycles. The van der Waals surface area contributed by atoms with Crippen LogP contribution in [0, 0.1) is 0 Å². The molecule has 0 atom stereocenters. The Kier molecular flexibility index (Phi) is 5.52. The Hall–Kier alpha value is -1.47. The van der Waals surface area contributed by atoms with Crippen LogP contribution in [0.4, 0.5) is 13.2 Å². The van der Waals surface area contributed by atoms with Crippen molar-refractivity contribution in [2.45, 2.75) is 6.18 Å². The van der Waals surface area contributed by atoms with Gasteiger partial charge < -0.3 is 9.64 Å². The number of rotatable bonds is 4. The fraction of sp³-hybridized carbons (Fsp3) is 0.500. The van der Waals surface area contributed by atoms with Gasteiger partial charge in [0, 0.05) is 31.2 Å². The lowest BCUT2D eigenvalue weighted by molar-refractivity contribution is -0.152. The van der Waals surface area contributed by atoms with Crippen LogP contribution in [0.2, 0.25) is 5.02 Å². The number of amides is 1. The van der Waals surface area contributed by atoms with Crippen molar-refractivity contribution in [2.24, 2.45) is 0 Å². The van der Waals surface area contributed by atoms with E-state index in [4.69, 9.17) is 16.3 Å². The number of piperazine rings is 1. The quantitative estimate of drug-likeness (QED) is 0.846. The first-order valence-electron chi connectivity index (χ1n) is 6.79. The van der Waals surface area contributed by atoms with Crippen molar-refractivity contribution >= 4 is 17.5 Å². The largest absolute Gasteiger partial charge is 0.484 e. The van der Waals surface area contributed by atoms with E-state index >= 15 is 0 Å². The molecule has 1 heterocycles. The van der Waals surface area contributed by atoms with Gasteiger partial charge in [0.15, 0.2) is 6.61 Å². The van der Waals surface area contributed by atoms with E-state index in [-0.39, 0.29) is 38.7 Å². The Labute approximate surface area is 131 Å². The van der Waals surface area contributed by atoms with Gasteiger partial charge in [-0.1, -0.05) is 11.6 Å². The molecule has 1 fully saturated rings. The summed E-state index contributed by atoms with van der Waals surface area (Å²) < 4.78 is 42.2. The van der Waals surface area contributed by atoms with Gasteiger partial charge >= 0.3 is 6.18 Å². The van der Waals surface area contributed by atoms with Gasteiger partial charge in [-0.25, -0.2) is 0 Å². The van der Waals surface area contributed by atoms with Crippen molar-refractivity contribution in [3.8, 4) is 5.75 Å². The number of hydrogen-bond acceptors (Lipinski definition) is 3. The molecule has 0 aliphatic carbocycles. The number of nitrogens with zero attached hydrogens (tertiary/aromatic N) is 2. The van der Waals surface area contributed by atoms with Gasteiger partial charge in [0.1, 0.15) is 5.75 Å². The molecule has 0 N–H and O–H groups in total. The predicted octanol–water partition coefficient (Wildman–Crippen LogP) is 2.43. The van der Waals surface area contributed by atoms with Crippen LogP contribution < -0.4 is 4.74 Å². The van der Waals surface area contributed by atoms with Crippen LogP contribution in [0.25, 0.3) is 0 Å². The van der Waals surface area contributed by atoms with Gasteiger partial charge in [-0.15, -0.1) is 0 Å². The smallest absolute Gasteiger partial charge is 0.401 e. The zero-order valence-corrected chi connectivity index (χ0v) is 12.5. The summed E-state index contributed by atoms with van der Waals surface area (Å²) in [6, 6.07) is 6.60. The summed E-state index contributed by atoms with van der Waals surface area (Å²) in [5.74, 6) is 0.287. The molecule has 2 rings (SSSR count). The molecule has 0 unspecified atom stereocenters. The minimum absolute atomic E-state index is 0.138. The highest BCUT2D eigenvalue weighted by Gasteiger charge is 2.32. The zero-order valence-electron chi connectivity index (χ0n) is 11.8. The van der Waals surface area contributed by atoms with Crippen LogP contribution in [0.1, 0.15) is 0 Å². The molecule has 0 bridgehead atoms. The number of benzene rings is 1. The van der Waals surface area contributed by atoms with E-state index in [0.717, 1.165) is 0 Å². The highest BCUT2D eigenvalue weighted by molar-refractivity contribution is 6.30. The fourth-order valence-corrected chi connectivity index (χ4v) is 2.30. The second-order valence-corrected chi connectivity index (χ2v) is 5.45. The van der Waals surface area contributed by atoms with Crippen molar-refractivity contribution in [1.82, 2.24) is 9.80 Å². The molecule has 0 aromatic heterocycles. The maximum Gasteiger partial charge on any atom is 0.401 e. The monoisotopic (exact) mass is 336 g/mol. The van der Waals surface area contributed by atoms with Crippen molar-refractivity contribution in [3.63, 3.8) is 0 Å². The Morgan fingerprint density at radius 3 is 2.27 bits per heavy atom. The maximum atomic E-state index is 12.3.